The highest BCUT2D eigenvalue weighted by atomic mass is 16.4. The maximum atomic E-state index is 12.4. The number of carboxylic acid groups (broad SMARTS) is 1. The molecular weight excluding hydrogens is 268 g/mol. The average Bonchev–Trinajstić information content (AvgIpc) is 2.80. The Morgan fingerprint density at radius 1 is 1.24 bits per heavy atom. The van der Waals surface area contributed by atoms with Gasteiger partial charge in [0.2, 0.25) is 5.91 Å². The van der Waals surface area contributed by atoms with Crippen LogP contribution in [0.3, 0.4) is 0 Å². The number of para-hydroxylation sites is 1. The standard InChI is InChI=1S/C16H20N2O3/c1-12(2)9-18(11-16(20)21)15(19)10-17-8-7-13-5-3-4-6-14(13)17/h3-8,12H,9-11H2,1-2H3,(H,20,21). The predicted octanol–water partition coefficient (Wildman–Crippen LogP) is 2.21. The van der Waals surface area contributed by atoms with Crippen LogP contribution in [0.2, 0.25) is 0 Å². The molecule has 0 bridgehead atoms. The molecule has 0 saturated carbocycles. The molecule has 5 heteroatoms. The number of carbonyl (C=O) groups is 2. The van der Waals surface area contributed by atoms with Crippen LogP contribution < -0.4 is 0 Å². The number of aromatic nitrogens is 1. The van der Waals surface area contributed by atoms with E-state index in [0.29, 0.717) is 6.54 Å². The lowest BCUT2D eigenvalue weighted by molar-refractivity contribution is -0.145. The highest BCUT2D eigenvalue weighted by Gasteiger charge is 2.18. The Hall–Kier alpha value is -2.30. The second-order valence-electron chi connectivity index (χ2n) is 5.56. The zero-order chi connectivity index (χ0) is 15.4. The largest absolute Gasteiger partial charge is 0.480 e. The predicted molar refractivity (Wildman–Crippen MR) is 81.0 cm³/mol. The lowest BCUT2D eigenvalue weighted by Crippen LogP contribution is -2.40. The second kappa shape index (κ2) is 6.43. The lowest BCUT2D eigenvalue weighted by atomic mass is 10.2. The number of carbonyl (C=O) groups excluding carboxylic acids is 1. The molecule has 0 aliphatic heterocycles. The molecule has 1 amide bonds. The molecule has 0 radical (unpaired) electrons. The van der Waals surface area contributed by atoms with Crippen molar-refractivity contribution in [2.45, 2.75) is 20.4 Å². The van der Waals surface area contributed by atoms with Gasteiger partial charge in [-0.05, 0) is 23.4 Å². The van der Waals surface area contributed by atoms with Crippen LogP contribution in [-0.4, -0.2) is 39.5 Å². The minimum atomic E-state index is -0.985. The van der Waals surface area contributed by atoms with Crippen molar-refractivity contribution in [3.8, 4) is 0 Å². The summed E-state index contributed by atoms with van der Waals surface area (Å²) in [6.07, 6.45) is 1.86. The van der Waals surface area contributed by atoms with E-state index in [1.807, 2.05) is 54.9 Å². The zero-order valence-corrected chi connectivity index (χ0v) is 12.3. The van der Waals surface area contributed by atoms with E-state index in [4.69, 9.17) is 5.11 Å². The molecule has 5 nitrogen and oxygen atoms in total. The molecule has 1 N–H and O–H groups in total. The van der Waals surface area contributed by atoms with Crippen LogP contribution in [0.4, 0.5) is 0 Å². The first-order chi connectivity index (χ1) is 9.97. The number of rotatable bonds is 6. The van der Waals surface area contributed by atoms with Crippen LogP contribution in [0.15, 0.2) is 36.5 Å². The van der Waals surface area contributed by atoms with Crippen molar-refractivity contribution in [3.63, 3.8) is 0 Å². The number of hydrogen-bond acceptors (Lipinski definition) is 2. The first kappa shape index (κ1) is 15.1. The smallest absolute Gasteiger partial charge is 0.323 e. The molecule has 21 heavy (non-hydrogen) atoms. The fourth-order valence-electron chi connectivity index (χ4n) is 2.38. The Morgan fingerprint density at radius 2 is 1.95 bits per heavy atom. The number of aliphatic carboxylic acids is 1. The van der Waals surface area contributed by atoms with Gasteiger partial charge in [0, 0.05) is 18.3 Å². The SMILES string of the molecule is CC(C)CN(CC(=O)O)C(=O)Cn1ccc2ccccc21. The van der Waals surface area contributed by atoms with Crippen molar-refractivity contribution in [2.75, 3.05) is 13.1 Å². The van der Waals surface area contributed by atoms with Gasteiger partial charge in [0.15, 0.2) is 0 Å². The summed E-state index contributed by atoms with van der Waals surface area (Å²) in [5, 5.41) is 10.0. The van der Waals surface area contributed by atoms with E-state index in [1.165, 1.54) is 4.90 Å². The maximum absolute atomic E-state index is 12.4. The molecule has 0 unspecified atom stereocenters. The second-order valence-corrected chi connectivity index (χ2v) is 5.56. The van der Waals surface area contributed by atoms with Gasteiger partial charge in [0.1, 0.15) is 13.1 Å². The van der Waals surface area contributed by atoms with Crippen molar-refractivity contribution in [1.82, 2.24) is 9.47 Å². The van der Waals surface area contributed by atoms with Crippen molar-refractivity contribution < 1.29 is 14.7 Å². The maximum Gasteiger partial charge on any atom is 0.323 e. The highest BCUT2D eigenvalue weighted by Crippen LogP contribution is 2.15. The molecule has 2 aromatic rings. The van der Waals surface area contributed by atoms with Crippen molar-refractivity contribution in [2.24, 2.45) is 5.92 Å². The Balaban J connectivity index is 2.15. The van der Waals surface area contributed by atoms with E-state index in [-0.39, 0.29) is 24.9 Å². The molecule has 0 atom stereocenters. The molecule has 0 aliphatic carbocycles. The fraction of sp³-hybridized carbons (Fsp3) is 0.375. The fourth-order valence-corrected chi connectivity index (χ4v) is 2.38. The van der Waals surface area contributed by atoms with Gasteiger partial charge in [-0.2, -0.15) is 0 Å². The molecule has 0 saturated heterocycles. The number of carboxylic acids is 1. The van der Waals surface area contributed by atoms with Gasteiger partial charge >= 0.3 is 5.97 Å². The van der Waals surface area contributed by atoms with Crippen molar-refractivity contribution in [3.05, 3.63) is 36.5 Å². The van der Waals surface area contributed by atoms with E-state index in [2.05, 4.69) is 0 Å². The molecule has 0 spiro atoms. The first-order valence-electron chi connectivity index (χ1n) is 7.01. The van der Waals surface area contributed by atoms with Crippen LogP contribution in [-0.2, 0) is 16.1 Å². The quantitative estimate of drug-likeness (QED) is 0.886. The van der Waals surface area contributed by atoms with Gasteiger partial charge in [-0.15, -0.1) is 0 Å². The van der Waals surface area contributed by atoms with E-state index < -0.39 is 5.97 Å². The Labute approximate surface area is 123 Å². The topological polar surface area (TPSA) is 62.5 Å². The molecular formula is C16H20N2O3. The van der Waals surface area contributed by atoms with Gasteiger partial charge in [-0.1, -0.05) is 32.0 Å². The average molecular weight is 288 g/mol. The molecule has 0 aliphatic rings. The van der Waals surface area contributed by atoms with Crippen LogP contribution in [0.25, 0.3) is 10.9 Å². The number of amides is 1. The summed E-state index contributed by atoms with van der Waals surface area (Å²) < 4.78 is 1.85. The summed E-state index contributed by atoms with van der Waals surface area (Å²) in [4.78, 5) is 24.7. The van der Waals surface area contributed by atoms with E-state index in [0.717, 1.165) is 10.9 Å². The molecule has 1 aromatic heterocycles. The molecule has 1 heterocycles. The molecule has 112 valence electrons. The summed E-state index contributed by atoms with van der Waals surface area (Å²) in [5.41, 5.74) is 0.977. The summed E-state index contributed by atoms with van der Waals surface area (Å²) in [6.45, 7) is 4.29. The molecule has 2 rings (SSSR count). The number of benzene rings is 1. The van der Waals surface area contributed by atoms with Crippen molar-refractivity contribution in [1.29, 1.82) is 0 Å². The van der Waals surface area contributed by atoms with Gasteiger partial charge in [0.05, 0.1) is 0 Å². The van der Waals surface area contributed by atoms with Gasteiger partial charge in [-0.3, -0.25) is 9.59 Å². The third-order valence-electron chi connectivity index (χ3n) is 3.25. The summed E-state index contributed by atoms with van der Waals surface area (Å²) in [7, 11) is 0. The van der Waals surface area contributed by atoms with E-state index in [1.54, 1.807) is 0 Å². The van der Waals surface area contributed by atoms with Gasteiger partial charge in [0.25, 0.3) is 0 Å². The Kier molecular flexibility index (Phi) is 4.62. The summed E-state index contributed by atoms with van der Waals surface area (Å²) in [5.74, 6) is -0.927. The number of hydrogen-bond donors (Lipinski definition) is 1. The van der Waals surface area contributed by atoms with Gasteiger partial charge in [-0.25, -0.2) is 0 Å². The third kappa shape index (κ3) is 3.84. The third-order valence-corrected chi connectivity index (χ3v) is 3.25. The lowest BCUT2D eigenvalue weighted by Gasteiger charge is -2.23. The molecule has 1 aromatic carbocycles. The van der Waals surface area contributed by atoms with Crippen LogP contribution in [0, 0.1) is 5.92 Å². The minimum Gasteiger partial charge on any atom is -0.480 e. The minimum absolute atomic E-state index is 0.160. The number of fused-ring (bicyclic) bond motifs is 1. The Morgan fingerprint density at radius 3 is 2.62 bits per heavy atom. The zero-order valence-electron chi connectivity index (χ0n) is 12.3. The highest BCUT2D eigenvalue weighted by molar-refractivity contribution is 5.85. The number of nitrogens with zero attached hydrogens (tertiary/aromatic N) is 2. The van der Waals surface area contributed by atoms with Crippen LogP contribution in [0.1, 0.15) is 13.8 Å². The van der Waals surface area contributed by atoms with E-state index in [9.17, 15) is 9.59 Å². The van der Waals surface area contributed by atoms with Crippen molar-refractivity contribution >= 4 is 22.8 Å². The van der Waals surface area contributed by atoms with Crippen LogP contribution >= 0.6 is 0 Å². The monoisotopic (exact) mass is 288 g/mol. The van der Waals surface area contributed by atoms with Gasteiger partial charge < -0.3 is 14.6 Å². The summed E-state index contributed by atoms with van der Waals surface area (Å²) in [6, 6.07) is 9.76. The summed E-state index contributed by atoms with van der Waals surface area (Å²) >= 11 is 0. The van der Waals surface area contributed by atoms with Crippen LogP contribution in [0.5, 0.6) is 0 Å². The normalized spacial score (nSPS) is 11.0. The van der Waals surface area contributed by atoms with E-state index >= 15 is 0 Å². The Bertz CT molecular complexity index is 646. The molecule has 0 fully saturated rings. The first-order valence-corrected chi connectivity index (χ1v) is 7.01.